The van der Waals surface area contributed by atoms with Crippen molar-refractivity contribution in [3.63, 3.8) is 0 Å². The molecule has 1 aliphatic heterocycles. The highest BCUT2D eigenvalue weighted by Crippen LogP contribution is 2.35. The summed E-state index contributed by atoms with van der Waals surface area (Å²) in [4.78, 5) is 19.8. The first-order chi connectivity index (χ1) is 15.5. The van der Waals surface area contributed by atoms with E-state index in [2.05, 4.69) is 9.98 Å². The number of nitrogens with zero attached hydrogens (tertiary/aromatic N) is 3. The van der Waals surface area contributed by atoms with Gasteiger partial charge in [-0.25, -0.2) is 23.1 Å². The first-order valence-electron chi connectivity index (χ1n) is 9.11. The molecular weight excluding hydrogens is 511 g/mol. The molecule has 3 atom stereocenters. The smallest absolute Gasteiger partial charge is 0.374 e. The van der Waals surface area contributed by atoms with Gasteiger partial charge >= 0.3 is 12.4 Å². The quantitative estimate of drug-likeness (QED) is 0.354. The van der Waals surface area contributed by atoms with Crippen molar-refractivity contribution < 1.29 is 44.6 Å². The van der Waals surface area contributed by atoms with Crippen LogP contribution in [0.2, 0.25) is 5.15 Å². The van der Waals surface area contributed by atoms with Crippen molar-refractivity contribution in [3.8, 4) is 0 Å². The molecule has 2 N–H and O–H groups in total. The Morgan fingerprint density at radius 2 is 1.76 bits per heavy atom. The minimum Gasteiger partial charge on any atom is -0.374 e. The molecular formula is C18H12ClF9N4O2. The normalized spacial score (nSPS) is 20.5. The second kappa shape index (κ2) is 8.85. The van der Waals surface area contributed by atoms with Crippen LogP contribution in [-0.2, 0) is 0 Å². The maximum absolute atomic E-state index is 14.8. The van der Waals surface area contributed by atoms with Crippen LogP contribution in [0.5, 0.6) is 0 Å². The molecule has 0 amide bonds. The number of aliphatic hydroxyl groups excluding tert-OH is 1. The number of rotatable bonds is 4. The third-order valence-corrected chi connectivity index (χ3v) is 5.11. The lowest BCUT2D eigenvalue weighted by Crippen LogP contribution is -2.54. The summed E-state index contributed by atoms with van der Waals surface area (Å²) in [7, 11) is 0. The summed E-state index contributed by atoms with van der Waals surface area (Å²) < 4.78 is 120. The number of halogens is 10. The minimum absolute atomic E-state index is 0.442. The Morgan fingerprint density at radius 1 is 1.18 bits per heavy atom. The number of aromatic nitrogens is 2. The van der Waals surface area contributed by atoms with Gasteiger partial charge in [-0.05, 0) is 6.07 Å². The molecule has 0 radical (unpaired) electrons. The minimum atomic E-state index is -5.93. The second-order valence-electron chi connectivity index (χ2n) is 7.18. The zero-order valence-electron chi connectivity index (χ0n) is 16.5. The van der Waals surface area contributed by atoms with Crippen molar-refractivity contribution >= 4 is 34.7 Å². The average Bonchev–Trinajstić information content (AvgIpc) is 2.71. The summed E-state index contributed by atoms with van der Waals surface area (Å²) in [5, 5.41) is 9.33. The van der Waals surface area contributed by atoms with Crippen LogP contribution in [0.15, 0.2) is 27.9 Å². The standard InChI is InChI=1S/C18H12ClF9N4O2/c1-5-9(21)3-29-14(10(5)22)32-4-7(11(33)6-2-8(20)12(19)30-13(6)32)15(34)31-16(17(23,24)25)18(26,27)28/h2-5,9,15-16,31,34H,1H3. The molecule has 3 heterocycles. The Hall–Kier alpha value is -2.65. The largest absolute Gasteiger partial charge is 0.412 e. The molecule has 0 spiro atoms. The van der Waals surface area contributed by atoms with Gasteiger partial charge < -0.3 is 5.11 Å². The van der Waals surface area contributed by atoms with Gasteiger partial charge in [0.25, 0.3) is 0 Å². The lowest BCUT2D eigenvalue weighted by Gasteiger charge is -2.27. The number of hydrogen-bond acceptors (Lipinski definition) is 5. The fraction of sp³-hybridized carbons (Fsp3) is 0.389. The van der Waals surface area contributed by atoms with Crippen LogP contribution >= 0.6 is 11.6 Å². The maximum atomic E-state index is 14.8. The molecule has 0 bridgehead atoms. The summed E-state index contributed by atoms with van der Waals surface area (Å²) in [5.74, 6) is -4.74. The van der Waals surface area contributed by atoms with Crippen molar-refractivity contribution in [2.75, 3.05) is 0 Å². The molecule has 0 aromatic carbocycles. The fourth-order valence-corrected chi connectivity index (χ4v) is 3.19. The van der Waals surface area contributed by atoms with E-state index in [1.54, 1.807) is 0 Å². The number of allylic oxidation sites excluding steroid dienone is 1. The third kappa shape index (κ3) is 4.77. The van der Waals surface area contributed by atoms with Gasteiger partial charge in [0.2, 0.25) is 6.04 Å². The molecule has 3 unspecified atom stereocenters. The van der Waals surface area contributed by atoms with E-state index in [1.165, 1.54) is 0 Å². The first-order valence-corrected chi connectivity index (χ1v) is 9.49. The Labute approximate surface area is 188 Å². The number of alkyl halides is 7. The zero-order valence-corrected chi connectivity index (χ0v) is 17.3. The third-order valence-electron chi connectivity index (χ3n) is 4.85. The molecule has 0 saturated heterocycles. The van der Waals surface area contributed by atoms with Gasteiger partial charge in [0, 0.05) is 18.3 Å². The first kappa shape index (κ1) is 26.0. The predicted molar refractivity (Wildman–Crippen MR) is 102 cm³/mol. The van der Waals surface area contributed by atoms with E-state index >= 15 is 0 Å². The number of aliphatic imine (C=N–C) groups is 1. The van der Waals surface area contributed by atoms with Crippen molar-refractivity contribution in [2.45, 2.75) is 37.7 Å². The Kier molecular flexibility index (Phi) is 6.76. The number of nitrogens with one attached hydrogen (secondary N) is 1. The van der Waals surface area contributed by atoms with Crippen LogP contribution in [-0.4, -0.2) is 45.4 Å². The van der Waals surface area contributed by atoms with Gasteiger partial charge in [0.15, 0.2) is 27.9 Å². The average molecular weight is 523 g/mol. The molecule has 186 valence electrons. The lowest BCUT2D eigenvalue weighted by molar-refractivity contribution is -0.265. The van der Waals surface area contributed by atoms with Crippen molar-refractivity contribution in [2.24, 2.45) is 10.9 Å². The predicted octanol–water partition coefficient (Wildman–Crippen LogP) is 4.42. The highest BCUT2D eigenvalue weighted by atomic mass is 35.5. The highest BCUT2D eigenvalue weighted by molar-refractivity contribution is 6.29. The Bertz CT molecular complexity index is 1230. The Balaban J connectivity index is 2.27. The van der Waals surface area contributed by atoms with Crippen LogP contribution in [0.3, 0.4) is 0 Å². The van der Waals surface area contributed by atoms with Crippen LogP contribution in [0.1, 0.15) is 18.7 Å². The molecule has 0 saturated carbocycles. The summed E-state index contributed by atoms with van der Waals surface area (Å²) in [6.07, 6.45) is -15.6. The van der Waals surface area contributed by atoms with Crippen LogP contribution in [0, 0.1) is 11.7 Å². The van der Waals surface area contributed by atoms with Crippen LogP contribution < -0.4 is 10.7 Å². The van der Waals surface area contributed by atoms with E-state index < -0.39 is 81.4 Å². The van der Waals surface area contributed by atoms with Gasteiger partial charge in [-0.1, -0.05) is 18.5 Å². The maximum Gasteiger partial charge on any atom is 0.412 e. The van der Waals surface area contributed by atoms with Crippen LogP contribution in [0.25, 0.3) is 16.9 Å². The van der Waals surface area contributed by atoms with Gasteiger partial charge in [-0.2, -0.15) is 26.3 Å². The van der Waals surface area contributed by atoms with E-state index in [-0.39, 0.29) is 0 Å². The monoisotopic (exact) mass is 522 g/mol. The van der Waals surface area contributed by atoms with Crippen molar-refractivity contribution in [1.82, 2.24) is 14.9 Å². The van der Waals surface area contributed by atoms with E-state index in [1.807, 2.05) is 0 Å². The topological polar surface area (TPSA) is 79.5 Å². The van der Waals surface area contributed by atoms with Crippen LogP contribution in [0.4, 0.5) is 39.5 Å². The van der Waals surface area contributed by atoms with Gasteiger partial charge in [-0.3, -0.25) is 14.7 Å². The zero-order chi connectivity index (χ0) is 25.7. The number of pyridine rings is 2. The molecule has 0 fully saturated rings. The van der Waals surface area contributed by atoms with E-state index in [4.69, 9.17) is 11.6 Å². The summed E-state index contributed by atoms with van der Waals surface area (Å²) in [6, 6.07) is -3.81. The Morgan fingerprint density at radius 3 is 2.32 bits per heavy atom. The lowest BCUT2D eigenvalue weighted by atomic mass is 10.0. The molecule has 3 rings (SSSR count). The van der Waals surface area contributed by atoms with Gasteiger partial charge in [0.05, 0.1) is 10.9 Å². The van der Waals surface area contributed by atoms with Gasteiger partial charge in [0.1, 0.15) is 18.2 Å². The van der Waals surface area contributed by atoms with Gasteiger partial charge in [-0.15, -0.1) is 0 Å². The number of aliphatic hydroxyl groups is 1. The summed E-state index contributed by atoms with van der Waals surface area (Å²) in [6.45, 7) is 1.10. The molecule has 0 aliphatic carbocycles. The fourth-order valence-electron chi connectivity index (χ4n) is 3.05. The van der Waals surface area contributed by atoms with E-state index in [9.17, 15) is 49.4 Å². The molecule has 34 heavy (non-hydrogen) atoms. The number of fused-ring (bicyclic) bond motifs is 1. The van der Waals surface area contributed by atoms with E-state index in [0.29, 0.717) is 23.0 Å². The van der Waals surface area contributed by atoms with Crippen molar-refractivity contribution in [1.29, 1.82) is 0 Å². The number of hydrogen-bond donors (Lipinski definition) is 2. The molecule has 6 nitrogen and oxygen atoms in total. The second-order valence-corrected chi connectivity index (χ2v) is 7.54. The van der Waals surface area contributed by atoms with E-state index in [0.717, 1.165) is 12.2 Å². The summed E-state index contributed by atoms with van der Waals surface area (Å²) in [5.41, 5.74) is -3.21. The summed E-state index contributed by atoms with van der Waals surface area (Å²) >= 11 is 5.59. The molecule has 16 heteroatoms. The van der Waals surface area contributed by atoms with Crippen molar-refractivity contribution in [3.05, 3.63) is 44.8 Å². The molecule has 2 aromatic rings. The SMILES string of the molecule is CC1C(F)=C(n2cc(C(O)NC(C(F)(F)F)C(F)(F)F)c(=O)c3cc(F)c(Cl)nc32)N=CC1F. The molecule has 2 aromatic heterocycles. The highest BCUT2D eigenvalue weighted by Gasteiger charge is 2.57. The molecule has 1 aliphatic rings.